The number of rotatable bonds is 7. The first-order chi connectivity index (χ1) is 10.8. The maximum atomic E-state index is 11.9. The van der Waals surface area contributed by atoms with Gasteiger partial charge in [-0.1, -0.05) is 77.6 Å². The van der Waals surface area contributed by atoms with Gasteiger partial charge >= 0.3 is 5.97 Å². The van der Waals surface area contributed by atoms with Gasteiger partial charge in [-0.2, -0.15) is 0 Å². The lowest BCUT2D eigenvalue weighted by Gasteiger charge is -2.18. The van der Waals surface area contributed by atoms with Gasteiger partial charge in [-0.15, -0.1) is 0 Å². The highest BCUT2D eigenvalue weighted by Crippen LogP contribution is 2.19. The van der Waals surface area contributed by atoms with Crippen molar-refractivity contribution in [2.75, 3.05) is 0 Å². The number of carbonyl (C=O) groups excluding carboxylic acids is 1. The van der Waals surface area contributed by atoms with Crippen LogP contribution in [0.3, 0.4) is 0 Å². The molecule has 2 nitrogen and oxygen atoms in total. The van der Waals surface area contributed by atoms with Gasteiger partial charge in [-0.25, -0.2) is 0 Å². The van der Waals surface area contributed by atoms with Gasteiger partial charge < -0.3 is 4.74 Å². The lowest BCUT2D eigenvalue weighted by Crippen LogP contribution is -2.18. The highest BCUT2D eigenvalue weighted by molar-refractivity contribution is 5.69. The van der Waals surface area contributed by atoms with Crippen LogP contribution in [-0.2, 0) is 9.53 Å². The summed E-state index contributed by atoms with van der Waals surface area (Å²) in [4.78, 5) is 11.9. The average molecular weight is 311 g/mol. The molecule has 0 aromatic heterocycles. The Kier molecular flexibility index (Phi) is 12.5. The minimum absolute atomic E-state index is 0.0511. The number of unbranched alkanes of at least 4 members (excludes halogenated alkanes) is 5. The van der Waals surface area contributed by atoms with E-state index in [1.807, 2.05) is 0 Å². The van der Waals surface area contributed by atoms with Crippen molar-refractivity contribution >= 4 is 5.97 Å². The van der Waals surface area contributed by atoms with Crippen LogP contribution in [0.2, 0.25) is 0 Å². The van der Waals surface area contributed by atoms with E-state index in [9.17, 15) is 4.79 Å². The van der Waals surface area contributed by atoms with E-state index >= 15 is 0 Å². The fourth-order valence-corrected chi connectivity index (χ4v) is 3.36. The smallest absolute Gasteiger partial charge is 0.306 e. The molecule has 0 amide bonds. The first-order valence-electron chi connectivity index (χ1n) is 10.0. The van der Waals surface area contributed by atoms with E-state index in [0.29, 0.717) is 6.42 Å². The van der Waals surface area contributed by atoms with Crippen molar-refractivity contribution < 1.29 is 9.53 Å². The molecule has 1 heterocycles. The summed E-state index contributed by atoms with van der Waals surface area (Å²) >= 11 is 0. The molecule has 2 heteroatoms. The van der Waals surface area contributed by atoms with Gasteiger partial charge in [0.2, 0.25) is 0 Å². The minimum atomic E-state index is 0.0511. The van der Waals surface area contributed by atoms with E-state index in [2.05, 4.69) is 6.92 Å². The third-order valence-electron chi connectivity index (χ3n) is 4.83. The molecule has 1 atom stereocenters. The monoisotopic (exact) mass is 310 g/mol. The average Bonchev–Trinajstić information content (AvgIpc) is 2.53. The lowest BCUT2D eigenvalue weighted by atomic mass is 10.0. The fraction of sp³-hybridized carbons (Fsp3) is 0.950. The normalized spacial score (nSPS) is 22.2. The number of esters is 1. The second kappa shape index (κ2) is 14.1. The largest absolute Gasteiger partial charge is 0.462 e. The van der Waals surface area contributed by atoms with Crippen LogP contribution < -0.4 is 0 Å². The van der Waals surface area contributed by atoms with Gasteiger partial charge in [-0.05, 0) is 32.1 Å². The summed E-state index contributed by atoms with van der Waals surface area (Å²) in [6.07, 6.45) is 21.0. The molecule has 1 aliphatic heterocycles. The third-order valence-corrected chi connectivity index (χ3v) is 4.83. The van der Waals surface area contributed by atoms with Crippen LogP contribution in [-0.4, -0.2) is 12.1 Å². The van der Waals surface area contributed by atoms with Crippen molar-refractivity contribution in [1.29, 1.82) is 0 Å². The van der Waals surface area contributed by atoms with Crippen LogP contribution in [0.15, 0.2) is 0 Å². The molecule has 0 radical (unpaired) electrons. The van der Waals surface area contributed by atoms with Gasteiger partial charge in [0.1, 0.15) is 6.10 Å². The molecule has 130 valence electrons. The molecule has 0 spiro atoms. The Balaban J connectivity index is 2.24. The molecule has 1 rings (SSSR count). The zero-order chi connectivity index (χ0) is 15.9. The molecule has 0 saturated carbocycles. The predicted octanol–water partition coefficient (Wildman–Crippen LogP) is 6.56. The Morgan fingerprint density at radius 2 is 1.41 bits per heavy atom. The summed E-state index contributed by atoms with van der Waals surface area (Å²) in [6, 6.07) is 0. The van der Waals surface area contributed by atoms with Crippen molar-refractivity contribution in [3.8, 4) is 0 Å². The maximum absolute atomic E-state index is 11.9. The van der Waals surface area contributed by atoms with E-state index in [4.69, 9.17) is 4.74 Å². The lowest BCUT2D eigenvalue weighted by molar-refractivity contribution is -0.150. The molecule has 0 N–H and O–H groups in total. The van der Waals surface area contributed by atoms with Gasteiger partial charge in [0, 0.05) is 6.42 Å². The minimum Gasteiger partial charge on any atom is -0.462 e. The molecule has 1 unspecified atom stereocenters. The van der Waals surface area contributed by atoms with Crippen LogP contribution in [0.1, 0.15) is 116 Å². The molecule has 0 bridgehead atoms. The zero-order valence-corrected chi connectivity index (χ0v) is 14.9. The van der Waals surface area contributed by atoms with Crippen LogP contribution in [0, 0.1) is 0 Å². The second-order valence-corrected chi connectivity index (χ2v) is 7.04. The summed E-state index contributed by atoms with van der Waals surface area (Å²) in [5.41, 5.74) is 0. The summed E-state index contributed by atoms with van der Waals surface area (Å²) in [6.45, 7) is 2.26. The summed E-state index contributed by atoms with van der Waals surface area (Å²) in [5, 5.41) is 0. The Bertz CT molecular complexity index is 262. The van der Waals surface area contributed by atoms with Crippen molar-refractivity contribution in [1.82, 2.24) is 0 Å². The van der Waals surface area contributed by atoms with E-state index in [1.54, 1.807) is 0 Å². The molecule has 1 fully saturated rings. The van der Waals surface area contributed by atoms with E-state index in [1.165, 1.54) is 83.5 Å². The van der Waals surface area contributed by atoms with Crippen LogP contribution in [0.25, 0.3) is 0 Å². The van der Waals surface area contributed by atoms with Crippen molar-refractivity contribution in [3.05, 3.63) is 0 Å². The molecule has 0 aliphatic carbocycles. The molecule has 1 aliphatic rings. The van der Waals surface area contributed by atoms with Gasteiger partial charge in [0.05, 0.1) is 0 Å². The van der Waals surface area contributed by atoms with Gasteiger partial charge in [0.25, 0.3) is 0 Å². The van der Waals surface area contributed by atoms with Crippen molar-refractivity contribution in [2.45, 2.75) is 122 Å². The molecule has 1 saturated heterocycles. The van der Waals surface area contributed by atoms with Crippen LogP contribution >= 0.6 is 0 Å². The molecular formula is C20H38O2. The zero-order valence-electron chi connectivity index (χ0n) is 14.9. The number of carbonyl (C=O) groups is 1. The highest BCUT2D eigenvalue weighted by atomic mass is 16.5. The van der Waals surface area contributed by atoms with Crippen molar-refractivity contribution in [3.63, 3.8) is 0 Å². The van der Waals surface area contributed by atoms with Crippen LogP contribution in [0.5, 0.6) is 0 Å². The fourth-order valence-electron chi connectivity index (χ4n) is 3.36. The second-order valence-electron chi connectivity index (χ2n) is 7.04. The summed E-state index contributed by atoms with van der Waals surface area (Å²) in [5.74, 6) is 0.0511. The number of hydrogen-bond acceptors (Lipinski definition) is 2. The highest BCUT2D eigenvalue weighted by Gasteiger charge is 2.14. The Morgan fingerprint density at radius 1 is 0.818 bits per heavy atom. The standard InChI is InChI=1S/C20H38O2/c1-2-3-4-5-10-13-16-19-17-14-11-8-6-7-9-12-15-18-20(21)22-19/h19H,2-18H2,1H3. The predicted molar refractivity (Wildman–Crippen MR) is 94.0 cm³/mol. The number of ether oxygens (including phenoxy) is 1. The van der Waals surface area contributed by atoms with Crippen LogP contribution in [0.4, 0.5) is 0 Å². The Hall–Kier alpha value is -0.530. The first kappa shape index (κ1) is 19.5. The van der Waals surface area contributed by atoms with Crippen molar-refractivity contribution in [2.24, 2.45) is 0 Å². The quantitative estimate of drug-likeness (QED) is 0.393. The SMILES string of the molecule is CCCCCCCCC1CCCCCCCCCCC(=O)O1. The third kappa shape index (κ3) is 11.1. The molecular weight excluding hydrogens is 272 g/mol. The molecule has 0 aromatic rings. The molecule has 0 aromatic carbocycles. The molecule has 22 heavy (non-hydrogen) atoms. The number of cyclic esters (lactones) is 1. The Labute approximate surface area is 138 Å². The van der Waals surface area contributed by atoms with E-state index in [0.717, 1.165) is 19.3 Å². The number of hydrogen-bond donors (Lipinski definition) is 0. The Morgan fingerprint density at radius 3 is 2.14 bits per heavy atom. The van der Waals surface area contributed by atoms with Gasteiger partial charge in [0.15, 0.2) is 0 Å². The maximum Gasteiger partial charge on any atom is 0.306 e. The van der Waals surface area contributed by atoms with Gasteiger partial charge in [-0.3, -0.25) is 4.79 Å². The van der Waals surface area contributed by atoms with E-state index in [-0.39, 0.29) is 12.1 Å². The topological polar surface area (TPSA) is 26.3 Å². The summed E-state index contributed by atoms with van der Waals surface area (Å²) in [7, 11) is 0. The first-order valence-corrected chi connectivity index (χ1v) is 10.0. The summed E-state index contributed by atoms with van der Waals surface area (Å²) < 4.78 is 5.75. The van der Waals surface area contributed by atoms with E-state index < -0.39 is 0 Å².